The second-order valence-electron chi connectivity index (χ2n) is 5.44. The van der Waals surface area contributed by atoms with Crippen LogP contribution in [0, 0.1) is 0 Å². The smallest absolute Gasteiger partial charge is 0.339 e. The monoisotopic (exact) mass is 356 g/mol. The van der Waals surface area contributed by atoms with Gasteiger partial charge in [-0.15, -0.1) is 0 Å². The number of ether oxygens (including phenoxy) is 3. The van der Waals surface area contributed by atoms with Crippen LogP contribution in [0.15, 0.2) is 60.7 Å². The van der Waals surface area contributed by atoms with Gasteiger partial charge < -0.3 is 14.2 Å². The van der Waals surface area contributed by atoms with Gasteiger partial charge in [0.1, 0.15) is 13.2 Å². The summed E-state index contributed by atoms with van der Waals surface area (Å²) in [5.41, 5.74) is 1.62. The van der Waals surface area contributed by atoms with E-state index < -0.39 is 11.9 Å². The Morgan fingerprint density at radius 1 is 0.654 bits per heavy atom. The summed E-state index contributed by atoms with van der Waals surface area (Å²) in [7, 11) is 0. The zero-order chi connectivity index (χ0) is 18.6. The minimum absolute atomic E-state index is 0.0175. The topological polar surface area (TPSA) is 78.9 Å². The molecular formula is C20H20O6. The van der Waals surface area contributed by atoms with E-state index in [1.165, 1.54) is 0 Å². The Morgan fingerprint density at radius 2 is 1.19 bits per heavy atom. The SMILES string of the molecule is O=C(Cc1ccccc1)OCCOCC(=O)OC(=O)Cc1ccccc1. The maximum Gasteiger partial charge on any atom is 0.339 e. The molecule has 0 aromatic heterocycles. The van der Waals surface area contributed by atoms with Gasteiger partial charge in [0.15, 0.2) is 0 Å². The molecule has 0 aliphatic heterocycles. The Kier molecular flexibility index (Phi) is 8.02. The van der Waals surface area contributed by atoms with E-state index in [1.54, 1.807) is 24.3 Å². The largest absolute Gasteiger partial charge is 0.463 e. The molecule has 0 spiro atoms. The van der Waals surface area contributed by atoms with Gasteiger partial charge in [0.05, 0.1) is 19.4 Å². The van der Waals surface area contributed by atoms with Crippen LogP contribution in [0.5, 0.6) is 0 Å². The van der Waals surface area contributed by atoms with E-state index in [1.807, 2.05) is 36.4 Å². The average Bonchev–Trinajstić information content (AvgIpc) is 2.63. The maximum absolute atomic E-state index is 11.6. The quantitative estimate of drug-likeness (QED) is 0.389. The second-order valence-corrected chi connectivity index (χ2v) is 5.44. The lowest BCUT2D eigenvalue weighted by Crippen LogP contribution is -2.20. The summed E-state index contributed by atoms with van der Waals surface area (Å²) in [6, 6.07) is 18.2. The maximum atomic E-state index is 11.6. The van der Waals surface area contributed by atoms with Gasteiger partial charge in [-0.2, -0.15) is 0 Å². The Balaban J connectivity index is 1.54. The van der Waals surface area contributed by atoms with Crippen LogP contribution in [0.1, 0.15) is 11.1 Å². The molecule has 0 fully saturated rings. The van der Waals surface area contributed by atoms with E-state index in [4.69, 9.17) is 9.47 Å². The van der Waals surface area contributed by atoms with Crippen LogP contribution in [0.3, 0.4) is 0 Å². The van der Waals surface area contributed by atoms with Crippen molar-refractivity contribution in [2.24, 2.45) is 0 Å². The molecule has 2 aromatic rings. The van der Waals surface area contributed by atoms with Gasteiger partial charge in [-0.1, -0.05) is 60.7 Å². The van der Waals surface area contributed by atoms with Crippen molar-refractivity contribution >= 4 is 17.9 Å². The summed E-state index contributed by atoms with van der Waals surface area (Å²) < 4.78 is 14.7. The molecule has 0 aliphatic carbocycles. The lowest BCUT2D eigenvalue weighted by molar-refractivity contribution is -0.162. The predicted octanol–water partition coefficient (Wildman–Crippen LogP) is 2.10. The van der Waals surface area contributed by atoms with Crippen molar-refractivity contribution in [3.8, 4) is 0 Å². The minimum Gasteiger partial charge on any atom is -0.463 e. The Hall–Kier alpha value is -2.99. The first-order chi connectivity index (χ1) is 12.6. The van der Waals surface area contributed by atoms with E-state index in [0.717, 1.165) is 11.1 Å². The fraction of sp³-hybridized carbons (Fsp3) is 0.250. The minimum atomic E-state index is -0.776. The van der Waals surface area contributed by atoms with Crippen LogP contribution in [-0.4, -0.2) is 37.7 Å². The molecule has 2 rings (SSSR count). The number of carbonyl (C=O) groups excluding carboxylic acids is 3. The molecule has 0 N–H and O–H groups in total. The lowest BCUT2D eigenvalue weighted by atomic mass is 10.2. The highest BCUT2D eigenvalue weighted by molar-refractivity contribution is 5.87. The van der Waals surface area contributed by atoms with Crippen molar-refractivity contribution in [2.75, 3.05) is 19.8 Å². The molecule has 136 valence electrons. The predicted molar refractivity (Wildman–Crippen MR) is 93.2 cm³/mol. The Labute approximate surface area is 151 Å². The van der Waals surface area contributed by atoms with Gasteiger partial charge in [0.2, 0.25) is 0 Å². The molecule has 6 nitrogen and oxygen atoms in total. The highest BCUT2D eigenvalue weighted by atomic mass is 16.6. The highest BCUT2D eigenvalue weighted by Gasteiger charge is 2.11. The first-order valence-electron chi connectivity index (χ1n) is 8.18. The molecule has 0 bridgehead atoms. The number of esters is 3. The summed E-state index contributed by atoms with van der Waals surface area (Å²) in [4.78, 5) is 34.7. The molecule has 2 aromatic carbocycles. The third kappa shape index (κ3) is 7.72. The highest BCUT2D eigenvalue weighted by Crippen LogP contribution is 2.02. The molecule has 0 saturated carbocycles. The molecule has 6 heteroatoms. The average molecular weight is 356 g/mol. The van der Waals surface area contributed by atoms with Crippen LogP contribution in [0.2, 0.25) is 0 Å². The van der Waals surface area contributed by atoms with Crippen molar-refractivity contribution in [3.63, 3.8) is 0 Å². The normalized spacial score (nSPS) is 10.2. The lowest BCUT2D eigenvalue weighted by Gasteiger charge is -2.06. The Bertz CT molecular complexity index is 712. The van der Waals surface area contributed by atoms with Crippen LogP contribution in [0.25, 0.3) is 0 Å². The Morgan fingerprint density at radius 3 is 1.77 bits per heavy atom. The van der Waals surface area contributed by atoms with Crippen molar-refractivity contribution < 1.29 is 28.6 Å². The third-order valence-corrected chi connectivity index (χ3v) is 3.32. The van der Waals surface area contributed by atoms with E-state index in [0.29, 0.717) is 0 Å². The fourth-order valence-corrected chi connectivity index (χ4v) is 2.14. The van der Waals surface area contributed by atoms with Gasteiger partial charge in [-0.3, -0.25) is 9.59 Å². The zero-order valence-electron chi connectivity index (χ0n) is 14.3. The molecule has 0 atom stereocenters. The summed E-state index contributed by atoms with van der Waals surface area (Å²) in [6.07, 6.45) is 0.195. The van der Waals surface area contributed by atoms with Crippen molar-refractivity contribution in [3.05, 3.63) is 71.8 Å². The molecule has 0 amide bonds. The van der Waals surface area contributed by atoms with Crippen LogP contribution in [0.4, 0.5) is 0 Å². The molecule has 0 saturated heterocycles. The van der Waals surface area contributed by atoms with Gasteiger partial charge in [-0.05, 0) is 11.1 Å². The molecule has 26 heavy (non-hydrogen) atoms. The molecule has 0 aliphatic rings. The van der Waals surface area contributed by atoms with E-state index >= 15 is 0 Å². The van der Waals surface area contributed by atoms with Gasteiger partial charge in [0, 0.05) is 0 Å². The van der Waals surface area contributed by atoms with Gasteiger partial charge >= 0.3 is 17.9 Å². The van der Waals surface area contributed by atoms with Crippen LogP contribution >= 0.6 is 0 Å². The number of carbonyl (C=O) groups is 3. The van der Waals surface area contributed by atoms with E-state index in [-0.39, 0.29) is 38.6 Å². The van der Waals surface area contributed by atoms with E-state index in [9.17, 15) is 14.4 Å². The van der Waals surface area contributed by atoms with Crippen molar-refractivity contribution in [1.82, 2.24) is 0 Å². The first-order valence-corrected chi connectivity index (χ1v) is 8.18. The summed E-state index contributed by atoms with van der Waals surface area (Å²) >= 11 is 0. The molecule has 0 heterocycles. The molecule has 0 unspecified atom stereocenters. The van der Waals surface area contributed by atoms with Gasteiger partial charge in [-0.25, -0.2) is 4.79 Å². The van der Waals surface area contributed by atoms with Crippen molar-refractivity contribution in [2.45, 2.75) is 12.8 Å². The van der Waals surface area contributed by atoms with Crippen LogP contribution in [-0.2, 0) is 41.4 Å². The first kappa shape index (κ1) is 19.3. The standard InChI is InChI=1S/C20H20O6/c21-18(13-16-7-3-1-4-8-16)25-12-11-24-15-20(23)26-19(22)14-17-9-5-2-6-10-17/h1-10H,11-15H2. The zero-order valence-corrected chi connectivity index (χ0v) is 14.3. The second kappa shape index (κ2) is 10.8. The number of hydrogen-bond acceptors (Lipinski definition) is 6. The number of hydrogen-bond donors (Lipinski definition) is 0. The fourth-order valence-electron chi connectivity index (χ4n) is 2.14. The number of benzene rings is 2. The van der Waals surface area contributed by atoms with Crippen molar-refractivity contribution in [1.29, 1.82) is 0 Å². The molecular weight excluding hydrogens is 336 g/mol. The van der Waals surface area contributed by atoms with E-state index in [2.05, 4.69) is 4.74 Å². The summed E-state index contributed by atoms with van der Waals surface area (Å²) in [6.45, 7) is -0.309. The molecule has 0 radical (unpaired) electrons. The third-order valence-electron chi connectivity index (χ3n) is 3.32. The summed E-state index contributed by atoms with van der Waals surface area (Å²) in [5, 5.41) is 0. The van der Waals surface area contributed by atoms with Crippen LogP contribution < -0.4 is 0 Å². The summed E-state index contributed by atoms with van der Waals surface area (Å²) in [5.74, 6) is -1.79. The van der Waals surface area contributed by atoms with Gasteiger partial charge in [0.25, 0.3) is 0 Å². The number of rotatable bonds is 9.